The lowest BCUT2D eigenvalue weighted by Crippen LogP contribution is -2.49. The highest BCUT2D eigenvalue weighted by Gasteiger charge is 2.31. The largest absolute Gasteiger partial charge is 0.484 e. The van der Waals surface area contributed by atoms with Gasteiger partial charge in [-0.2, -0.15) is 0 Å². The Hall–Kier alpha value is -2.04. The summed E-state index contributed by atoms with van der Waals surface area (Å²) in [5, 5.41) is 9.24. The fourth-order valence-electron chi connectivity index (χ4n) is 3.51. The normalized spacial score (nSPS) is 20.7. The summed E-state index contributed by atoms with van der Waals surface area (Å²) >= 11 is 0. The van der Waals surface area contributed by atoms with Gasteiger partial charge < -0.3 is 14.7 Å². The third-order valence-electron chi connectivity index (χ3n) is 4.79. The van der Waals surface area contributed by atoms with Crippen molar-refractivity contribution in [3.8, 4) is 5.75 Å². The zero-order valence-electron chi connectivity index (χ0n) is 13.3. The number of likely N-dealkylation sites (tertiary alicyclic amines) is 1. The Morgan fingerprint density at radius 2 is 1.91 bits per heavy atom. The number of piperidine rings is 1. The van der Waals surface area contributed by atoms with Crippen LogP contribution in [0.2, 0.25) is 0 Å². The van der Waals surface area contributed by atoms with Gasteiger partial charge in [0.1, 0.15) is 11.8 Å². The van der Waals surface area contributed by atoms with Gasteiger partial charge in [0.15, 0.2) is 6.61 Å². The van der Waals surface area contributed by atoms with E-state index in [-0.39, 0.29) is 12.5 Å². The highest BCUT2D eigenvalue weighted by Crippen LogP contribution is 2.25. The van der Waals surface area contributed by atoms with Gasteiger partial charge in [-0.25, -0.2) is 4.79 Å². The molecule has 1 heterocycles. The van der Waals surface area contributed by atoms with Gasteiger partial charge >= 0.3 is 5.97 Å². The molecule has 5 nitrogen and oxygen atoms in total. The van der Waals surface area contributed by atoms with Crippen molar-refractivity contribution in [2.24, 2.45) is 0 Å². The van der Waals surface area contributed by atoms with E-state index in [1.54, 1.807) is 0 Å². The number of hydrogen-bond donors (Lipinski definition) is 1. The molecule has 0 radical (unpaired) electrons. The van der Waals surface area contributed by atoms with Crippen molar-refractivity contribution in [2.75, 3.05) is 13.2 Å². The molecule has 2 aliphatic rings. The number of benzene rings is 1. The second-order valence-corrected chi connectivity index (χ2v) is 6.36. The number of carbonyl (C=O) groups is 2. The smallest absolute Gasteiger partial charge is 0.326 e. The third-order valence-corrected chi connectivity index (χ3v) is 4.79. The SMILES string of the molecule is O=C(O)C1CCCCN1C(=O)COc1ccc2c(c1)CCCC2. The predicted octanol–water partition coefficient (Wildman–Crippen LogP) is 2.41. The molecule has 1 aromatic rings. The van der Waals surface area contributed by atoms with Crippen LogP contribution in [-0.4, -0.2) is 41.1 Å². The lowest BCUT2D eigenvalue weighted by molar-refractivity contribution is -0.152. The summed E-state index contributed by atoms with van der Waals surface area (Å²) in [5.41, 5.74) is 2.68. The minimum absolute atomic E-state index is 0.0947. The van der Waals surface area contributed by atoms with Crippen molar-refractivity contribution in [3.05, 3.63) is 29.3 Å². The molecule has 1 aliphatic heterocycles. The van der Waals surface area contributed by atoms with Crippen LogP contribution in [0, 0.1) is 0 Å². The second-order valence-electron chi connectivity index (χ2n) is 6.36. The van der Waals surface area contributed by atoms with Crippen LogP contribution in [0.15, 0.2) is 18.2 Å². The molecular weight excluding hydrogens is 294 g/mol. The topological polar surface area (TPSA) is 66.8 Å². The Morgan fingerprint density at radius 3 is 2.70 bits per heavy atom. The van der Waals surface area contributed by atoms with E-state index >= 15 is 0 Å². The monoisotopic (exact) mass is 317 g/mol. The quantitative estimate of drug-likeness (QED) is 0.926. The molecule has 0 aromatic heterocycles. The van der Waals surface area contributed by atoms with Crippen LogP contribution in [0.25, 0.3) is 0 Å². The molecule has 0 saturated carbocycles. The zero-order chi connectivity index (χ0) is 16.2. The van der Waals surface area contributed by atoms with Gasteiger partial charge in [0, 0.05) is 6.54 Å². The van der Waals surface area contributed by atoms with E-state index in [0.29, 0.717) is 18.7 Å². The lowest BCUT2D eigenvalue weighted by Gasteiger charge is -2.32. The summed E-state index contributed by atoms with van der Waals surface area (Å²) in [4.78, 5) is 25.0. The predicted molar refractivity (Wildman–Crippen MR) is 85.6 cm³/mol. The number of rotatable bonds is 4. The Balaban J connectivity index is 1.61. The average Bonchev–Trinajstić information content (AvgIpc) is 2.59. The minimum atomic E-state index is -0.924. The molecule has 1 unspecified atom stereocenters. The number of aliphatic carboxylic acids is 1. The van der Waals surface area contributed by atoms with E-state index in [4.69, 9.17) is 4.74 Å². The van der Waals surface area contributed by atoms with Crippen molar-refractivity contribution >= 4 is 11.9 Å². The van der Waals surface area contributed by atoms with E-state index in [2.05, 4.69) is 6.07 Å². The number of carboxylic acid groups (broad SMARTS) is 1. The summed E-state index contributed by atoms with van der Waals surface area (Å²) in [6, 6.07) is 5.30. The summed E-state index contributed by atoms with van der Waals surface area (Å²) in [7, 11) is 0. The molecule has 23 heavy (non-hydrogen) atoms. The number of nitrogens with zero attached hydrogens (tertiary/aromatic N) is 1. The van der Waals surface area contributed by atoms with Crippen LogP contribution in [0.1, 0.15) is 43.2 Å². The molecule has 1 atom stereocenters. The number of carboxylic acids is 1. The standard InChI is InChI=1S/C18H23NO4/c20-17(19-10-4-3-7-16(19)18(21)22)12-23-15-9-8-13-5-1-2-6-14(13)11-15/h8-9,11,16H,1-7,10,12H2,(H,21,22). The van der Waals surface area contributed by atoms with Crippen molar-refractivity contribution < 1.29 is 19.4 Å². The fourth-order valence-corrected chi connectivity index (χ4v) is 3.51. The molecular formula is C18H23NO4. The highest BCUT2D eigenvalue weighted by molar-refractivity contribution is 5.84. The molecule has 1 N–H and O–H groups in total. The van der Waals surface area contributed by atoms with Crippen molar-refractivity contribution in [3.63, 3.8) is 0 Å². The average molecular weight is 317 g/mol. The zero-order valence-corrected chi connectivity index (χ0v) is 13.3. The number of ether oxygens (including phenoxy) is 1. The summed E-state index contributed by atoms with van der Waals surface area (Å²) < 4.78 is 5.63. The van der Waals surface area contributed by atoms with E-state index in [0.717, 1.165) is 25.7 Å². The molecule has 1 amide bonds. The second kappa shape index (κ2) is 7.02. The number of fused-ring (bicyclic) bond motifs is 1. The number of carbonyl (C=O) groups excluding carboxylic acids is 1. The van der Waals surface area contributed by atoms with Gasteiger partial charge in [-0.1, -0.05) is 6.07 Å². The first kappa shape index (κ1) is 15.8. The van der Waals surface area contributed by atoms with Crippen molar-refractivity contribution in [1.29, 1.82) is 0 Å². The van der Waals surface area contributed by atoms with Gasteiger partial charge in [0.05, 0.1) is 0 Å². The van der Waals surface area contributed by atoms with Crippen LogP contribution in [0.5, 0.6) is 5.75 Å². The molecule has 3 rings (SSSR count). The molecule has 1 aliphatic carbocycles. The summed E-state index contributed by atoms with van der Waals surface area (Å²) in [6.07, 6.45) is 6.84. The Kier molecular flexibility index (Phi) is 4.84. The number of amides is 1. The Morgan fingerprint density at radius 1 is 1.13 bits per heavy atom. The molecule has 1 saturated heterocycles. The van der Waals surface area contributed by atoms with Crippen molar-refractivity contribution in [1.82, 2.24) is 4.90 Å². The molecule has 124 valence electrons. The van der Waals surface area contributed by atoms with Gasteiger partial charge in [0.25, 0.3) is 5.91 Å². The van der Waals surface area contributed by atoms with E-state index < -0.39 is 12.0 Å². The van der Waals surface area contributed by atoms with Gasteiger partial charge in [-0.3, -0.25) is 4.79 Å². The number of hydrogen-bond acceptors (Lipinski definition) is 3. The van der Waals surface area contributed by atoms with Crippen LogP contribution >= 0.6 is 0 Å². The number of aryl methyl sites for hydroxylation is 2. The Bertz CT molecular complexity index is 599. The van der Waals surface area contributed by atoms with Crippen LogP contribution in [0.4, 0.5) is 0 Å². The van der Waals surface area contributed by atoms with Crippen LogP contribution in [0.3, 0.4) is 0 Å². The molecule has 0 spiro atoms. The lowest BCUT2D eigenvalue weighted by atomic mass is 9.92. The van der Waals surface area contributed by atoms with Gasteiger partial charge in [0.2, 0.25) is 0 Å². The van der Waals surface area contributed by atoms with Crippen LogP contribution < -0.4 is 4.74 Å². The summed E-state index contributed by atoms with van der Waals surface area (Å²) in [5.74, 6) is -0.468. The highest BCUT2D eigenvalue weighted by atomic mass is 16.5. The maximum absolute atomic E-state index is 12.3. The van der Waals surface area contributed by atoms with E-state index in [9.17, 15) is 14.7 Å². The first-order valence-electron chi connectivity index (χ1n) is 8.42. The minimum Gasteiger partial charge on any atom is -0.484 e. The van der Waals surface area contributed by atoms with Crippen LogP contribution in [-0.2, 0) is 22.4 Å². The van der Waals surface area contributed by atoms with Gasteiger partial charge in [-0.05, 0) is 68.2 Å². The fraction of sp³-hybridized carbons (Fsp3) is 0.556. The molecule has 5 heteroatoms. The maximum atomic E-state index is 12.3. The summed E-state index contributed by atoms with van der Waals surface area (Å²) in [6.45, 7) is 0.409. The van der Waals surface area contributed by atoms with Gasteiger partial charge in [-0.15, -0.1) is 0 Å². The van der Waals surface area contributed by atoms with E-state index in [1.165, 1.54) is 28.9 Å². The van der Waals surface area contributed by atoms with Crippen molar-refractivity contribution in [2.45, 2.75) is 51.0 Å². The third kappa shape index (κ3) is 3.66. The van der Waals surface area contributed by atoms with E-state index in [1.807, 2.05) is 12.1 Å². The maximum Gasteiger partial charge on any atom is 0.326 e. The molecule has 1 fully saturated rings. The Labute approximate surface area is 136 Å². The first-order valence-corrected chi connectivity index (χ1v) is 8.42. The first-order chi connectivity index (χ1) is 11.1. The molecule has 1 aromatic carbocycles. The molecule has 0 bridgehead atoms.